The van der Waals surface area contributed by atoms with Crippen LogP contribution in [0.25, 0.3) is 0 Å². The van der Waals surface area contributed by atoms with Gasteiger partial charge in [-0.1, -0.05) is 6.92 Å². The molecule has 19 heavy (non-hydrogen) atoms. The summed E-state index contributed by atoms with van der Waals surface area (Å²) in [6.07, 6.45) is 5.02. The first-order chi connectivity index (χ1) is 8.55. The van der Waals surface area contributed by atoms with E-state index in [0.29, 0.717) is 12.5 Å². The van der Waals surface area contributed by atoms with Gasteiger partial charge in [0.2, 0.25) is 0 Å². The molecule has 0 aromatic heterocycles. The van der Waals surface area contributed by atoms with Crippen LogP contribution in [0.3, 0.4) is 0 Å². The summed E-state index contributed by atoms with van der Waals surface area (Å²) < 4.78 is 23.2. The molecule has 2 unspecified atom stereocenters. The van der Waals surface area contributed by atoms with Gasteiger partial charge in [0.25, 0.3) is 0 Å². The highest BCUT2D eigenvalue weighted by molar-refractivity contribution is 7.91. The van der Waals surface area contributed by atoms with E-state index in [9.17, 15) is 13.5 Å². The Bertz CT molecular complexity index is 385. The summed E-state index contributed by atoms with van der Waals surface area (Å²) in [7, 11) is -1.13. The second-order valence-electron chi connectivity index (χ2n) is 6.60. The van der Waals surface area contributed by atoms with E-state index in [1.807, 2.05) is 18.9 Å². The van der Waals surface area contributed by atoms with Crippen LogP contribution < -0.4 is 0 Å². The Morgan fingerprint density at radius 1 is 1.32 bits per heavy atom. The third kappa shape index (κ3) is 4.72. The van der Waals surface area contributed by atoms with Crippen molar-refractivity contribution in [2.75, 3.05) is 19.8 Å². The third-order valence-corrected chi connectivity index (χ3v) is 6.54. The molecule has 0 bridgehead atoms. The van der Waals surface area contributed by atoms with Gasteiger partial charge < -0.3 is 5.11 Å². The van der Waals surface area contributed by atoms with Crippen molar-refractivity contribution in [1.29, 1.82) is 0 Å². The molecule has 0 saturated heterocycles. The van der Waals surface area contributed by atoms with E-state index in [2.05, 4.69) is 6.92 Å². The molecule has 0 spiro atoms. The SMILES string of the molecule is CC1CCC(O)(CN(C)C(C)C(C)S(C)(=O)=O)CC1. The molecule has 1 aliphatic rings. The Labute approximate surface area is 118 Å². The minimum Gasteiger partial charge on any atom is -0.389 e. The van der Waals surface area contributed by atoms with Gasteiger partial charge in [0.05, 0.1) is 10.9 Å². The second kappa shape index (κ2) is 6.10. The molecule has 0 heterocycles. The lowest BCUT2D eigenvalue weighted by molar-refractivity contribution is -0.0364. The fourth-order valence-corrected chi connectivity index (χ4v) is 3.71. The fourth-order valence-electron chi connectivity index (χ4n) is 2.78. The van der Waals surface area contributed by atoms with E-state index in [1.165, 1.54) is 6.26 Å². The summed E-state index contributed by atoms with van der Waals surface area (Å²) in [6, 6.07) is -0.0848. The van der Waals surface area contributed by atoms with Gasteiger partial charge in [-0.05, 0) is 52.5 Å². The molecule has 1 rings (SSSR count). The van der Waals surface area contributed by atoms with Crippen molar-refractivity contribution >= 4 is 9.84 Å². The summed E-state index contributed by atoms with van der Waals surface area (Å²) in [5.74, 6) is 0.693. The molecule has 1 N–H and O–H groups in total. The molecule has 0 aromatic rings. The summed E-state index contributed by atoms with van der Waals surface area (Å²) in [5, 5.41) is 10.2. The number of rotatable bonds is 5. The lowest BCUT2D eigenvalue weighted by atomic mass is 9.79. The fraction of sp³-hybridized carbons (Fsp3) is 1.00. The molecule has 0 amide bonds. The Morgan fingerprint density at radius 3 is 2.21 bits per heavy atom. The number of likely N-dealkylation sites (N-methyl/N-ethyl adjacent to an activating group) is 1. The highest BCUT2D eigenvalue weighted by Gasteiger charge is 2.35. The number of aliphatic hydroxyl groups is 1. The predicted molar refractivity (Wildman–Crippen MR) is 79.0 cm³/mol. The summed E-state index contributed by atoms with van der Waals surface area (Å²) >= 11 is 0. The zero-order valence-corrected chi connectivity index (χ0v) is 13.7. The highest BCUT2D eigenvalue weighted by atomic mass is 32.2. The maximum atomic E-state index is 11.6. The minimum absolute atomic E-state index is 0.0848. The highest BCUT2D eigenvalue weighted by Crippen LogP contribution is 2.32. The van der Waals surface area contributed by atoms with E-state index in [1.54, 1.807) is 6.92 Å². The Morgan fingerprint density at radius 2 is 1.79 bits per heavy atom. The minimum atomic E-state index is -3.04. The lowest BCUT2D eigenvalue weighted by Gasteiger charge is -2.40. The zero-order valence-electron chi connectivity index (χ0n) is 12.9. The van der Waals surface area contributed by atoms with Crippen molar-refractivity contribution in [3.63, 3.8) is 0 Å². The molecular formula is C14H29NO3S. The van der Waals surface area contributed by atoms with Crippen molar-refractivity contribution in [3.05, 3.63) is 0 Å². The van der Waals surface area contributed by atoms with E-state index in [-0.39, 0.29) is 6.04 Å². The van der Waals surface area contributed by atoms with Crippen molar-refractivity contribution < 1.29 is 13.5 Å². The third-order valence-electron chi connectivity index (χ3n) is 4.80. The van der Waals surface area contributed by atoms with Gasteiger partial charge in [-0.25, -0.2) is 8.42 Å². The van der Waals surface area contributed by atoms with Gasteiger partial charge in [-0.15, -0.1) is 0 Å². The second-order valence-corrected chi connectivity index (χ2v) is 9.00. The van der Waals surface area contributed by atoms with Gasteiger partial charge in [0.1, 0.15) is 0 Å². The van der Waals surface area contributed by atoms with Crippen molar-refractivity contribution in [3.8, 4) is 0 Å². The molecule has 1 aliphatic carbocycles. The monoisotopic (exact) mass is 291 g/mol. The predicted octanol–water partition coefficient (Wildman–Crippen LogP) is 1.68. The summed E-state index contributed by atoms with van der Waals surface area (Å²) in [5.41, 5.74) is -0.646. The molecule has 4 nitrogen and oxygen atoms in total. The molecule has 114 valence electrons. The molecule has 0 aromatic carbocycles. The number of hydrogen-bond donors (Lipinski definition) is 1. The standard InChI is InChI=1S/C14H29NO3S/c1-11-6-8-14(16,9-7-11)10-15(4)12(2)13(3)19(5,17)18/h11-13,16H,6-10H2,1-5H3. The molecule has 1 saturated carbocycles. The van der Waals surface area contributed by atoms with Crippen LogP contribution in [0.1, 0.15) is 46.5 Å². The smallest absolute Gasteiger partial charge is 0.151 e. The lowest BCUT2D eigenvalue weighted by Crippen LogP contribution is -2.50. The zero-order chi connectivity index (χ0) is 14.8. The van der Waals surface area contributed by atoms with Gasteiger partial charge in [0.15, 0.2) is 9.84 Å². The van der Waals surface area contributed by atoms with E-state index in [4.69, 9.17) is 0 Å². The van der Waals surface area contributed by atoms with Crippen LogP contribution in [-0.2, 0) is 9.84 Å². The first-order valence-electron chi connectivity index (χ1n) is 7.17. The van der Waals surface area contributed by atoms with Gasteiger partial charge in [0, 0.05) is 18.8 Å². The van der Waals surface area contributed by atoms with Crippen molar-refractivity contribution in [1.82, 2.24) is 4.90 Å². The van der Waals surface area contributed by atoms with Crippen LogP contribution in [0.4, 0.5) is 0 Å². The maximum absolute atomic E-state index is 11.6. The van der Waals surface area contributed by atoms with Crippen molar-refractivity contribution in [2.24, 2.45) is 5.92 Å². The Balaban J connectivity index is 2.61. The average Bonchev–Trinajstić information content (AvgIpc) is 2.30. The number of nitrogens with zero attached hydrogens (tertiary/aromatic N) is 1. The largest absolute Gasteiger partial charge is 0.389 e. The van der Waals surface area contributed by atoms with Crippen LogP contribution in [0, 0.1) is 5.92 Å². The molecule has 0 aliphatic heterocycles. The van der Waals surface area contributed by atoms with Crippen LogP contribution >= 0.6 is 0 Å². The van der Waals surface area contributed by atoms with E-state index in [0.717, 1.165) is 25.7 Å². The number of sulfone groups is 1. The van der Waals surface area contributed by atoms with Gasteiger partial charge in [-0.3, -0.25) is 4.90 Å². The summed E-state index contributed by atoms with van der Waals surface area (Å²) in [4.78, 5) is 1.99. The van der Waals surface area contributed by atoms with Crippen molar-refractivity contribution in [2.45, 2.75) is 63.3 Å². The van der Waals surface area contributed by atoms with Crippen LogP contribution in [0.15, 0.2) is 0 Å². The van der Waals surface area contributed by atoms with Gasteiger partial charge >= 0.3 is 0 Å². The average molecular weight is 291 g/mol. The number of hydrogen-bond acceptors (Lipinski definition) is 4. The van der Waals surface area contributed by atoms with E-state index >= 15 is 0 Å². The Hall–Kier alpha value is -0.130. The van der Waals surface area contributed by atoms with Crippen LogP contribution in [0.5, 0.6) is 0 Å². The van der Waals surface area contributed by atoms with Crippen LogP contribution in [-0.4, -0.2) is 55.2 Å². The van der Waals surface area contributed by atoms with Gasteiger partial charge in [-0.2, -0.15) is 0 Å². The molecule has 2 atom stereocenters. The topological polar surface area (TPSA) is 57.6 Å². The quantitative estimate of drug-likeness (QED) is 0.837. The summed E-state index contributed by atoms with van der Waals surface area (Å²) in [6.45, 7) is 6.43. The Kier molecular flexibility index (Phi) is 5.43. The molecule has 0 radical (unpaired) electrons. The molecule has 5 heteroatoms. The normalized spacial score (nSPS) is 32.3. The molecular weight excluding hydrogens is 262 g/mol. The van der Waals surface area contributed by atoms with Crippen LogP contribution in [0.2, 0.25) is 0 Å². The first kappa shape index (κ1) is 16.9. The molecule has 1 fully saturated rings. The van der Waals surface area contributed by atoms with E-state index < -0.39 is 20.7 Å². The first-order valence-corrected chi connectivity index (χ1v) is 9.12. The maximum Gasteiger partial charge on any atom is 0.151 e.